The Morgan fingerprint density at radius 3 is 2.88 bits per heavy atom. The maximum Gasteiger partial charge on any atom is 0.227 e. The van der Waals surface area contributed by atoms with Crippen molar-refractivity contribution in [3.05, 3.63) is 45.8 Å². The van der Waals surface area contributed by atoms with Gasteiger partial charge in [-0.1, -0.05) is 29.3 Å². The van der Waals surface area contributed by atoms with Crippen LogP contribution in [0.5, 0.6) is 0 Å². The molecule has 1 aliphatic rings. The van der Waals surface area contributed by atoms with Gasteiger partial charge in [0, 0.05) is 29.2 Å². The van der Waals surface area contributed by atoms with Crippen LogP contribution in [0.2, 0.25) is 10.0 Å². The second-order valence-corrected chi connectivity index (χ2v) is 7.21. The Morgan fingerprint density at radius 1 is 1.42 bits per heavy atom. The first-order valence-electron chi connectivity index (χ1n) is 8.27. The van der Waals surface area contributed by atoms with Crippen molar-refractivity contribution in [2.45, 2.75) is 31.5 Å². The minimum Gasteiger partial charge on any atom is -0.390 e. The predicted molar refractivity (Wildman–Crippen MR) is 101 cm³/mol. The maximum atomic E-state index is 14.2. The van der Waals surface area contributed by atoms with E-state index in [9.17, 15) is 9.50 Å². The van der Waals surface area contributed by atoms with Crippen LogP contribution >= 0.6 is 23.2 Å². The smallest absolute Gasteiger partial charge is 0.227 e. The summed E-state index contributed by atoms with van der Waals surface area (Å²) in [6.07, 6.45) is 1.06. The quantitative estimate of drug-likeness (QED) is 0.732. The second-order valence-electron chi connectivity index (χ2n) is 6.36. The number of nitrogens with two attached hydrogens (primary N) is 1. The van der Waals surface area contributed by atoms with Crippen LogP contribution in [0.1, 0.15) is 24.9 Å². The van der Waals surface area contributed by atoms with E-state index in [0.29, 0.717) is 35.5 Å². The fraction of sp³-hybridized carbons (Fsp3) is 0.412. The third kappa shape index (κ3) is 4.17. The molecule has 4 N–H and O–H groups in total. The molecular formula is C17H20Cl2FN5O. The zero-order chi connectivity index (χ0) is 18.8. The van der Waals surface area contributed by atoms with Crippen LogP contribution in [0.4, 0.5) is 16.2 Å². The minimum atomic E-state index is -0.666. The molecule has 3 atom stereocenters. The molecular weight excluding hydrogens is 380 g/mol. The average molecular weight is 400 g/mol. The highest BCUT2D eigenvalue weighted by Crippen LogP contribution is 2.29. The Morgan fingerprint density at radius 2 is 2.19 bits per heavy atom. The Balaban J connectivity index is 1.79. The van der Waals surface area contributed by atoms with E-state index in [1.807, 2.05) is 6.92 Å². The summed E-state index contributed by atoms with van der Waals surface area (Å²) in [5.41, 5.74) is 6.59. The molecule has 1 aromatic heterocycles. The standard InChI is InChI=1S/C17H20Cl2FN5O/c1-9(11-3-2-10(18)6-12(11)19)23-16-13(20)7-22-17(24-16)25-5-4-14(21)15(26)8-25/h2-3,6-7,9,14-15,26H,4-5,8,21H2,1H3,(H,22,23,24)/t9?,14-,15+/m0/s1. The Kier molecular flexibility index (Phi) is 5.82. The van der Waals surface area contributed by atoms with Gasteiger partial charge in [-0.25, -0.2) is 9.37 Å². The van der Waals surface area contributed by atoms with Crippen molar-refractivity contribution < 1.29 is 9.50 Å². The van der Waals surface area contributed by atoms with Crippen molar-refractivity contribution in [1.29, 1.82) is 0 Å². The van der Waals surface area contributed by atoms with E-state index in [4.69, 9.17) is 28.9 Å². The fourth-order valence-corrected chi connectivity index (χ4v) is 3.45. The van der Waals surface area contributed by atoms with Crippen molar-refractivity contribution in [3.8, 4) is 0 Å². The van der Waals surface area contributed by atoms with E-state index in [-0.39, 0.29) is 17.9 Å². The minimum absolute atomic E-state index is 0.0675. The molecule has 0 radical (unpaired) electrons. The summed E-state index contributed by atoms with van der Waals surface area (Å²) < 4.78 is 14.2. The first kappa shape index (κ1) is 19.1. The van der Waals surface area contributed by atoms with Gasteiger partial charge < -0.3 is 21.1 Å². The zero-order valence-corrected chi connectivity index (χ0v) is 15.7. The van der Waals surface area contributed by atoms with Crippen LogP contribution < -0.4 is 16.0 Å². The summed E-state index contributed by atoms with van der Waals surface area (Å²) in [6.45, 7) is 2.76. The van der Waals surface area contributed by atoms with Gasteiger partial charge in [0.25, 0.3) is 0 Å². The third-order valence-electron chi connectivity index (χ3n) is 4.43. The number of nitrogens with one attached hydrogen (secondary N) is 1. The second kappa shape index (κ2) is 7.92. The number of halogens is 3. The monoisotopic (exact) mass is 399 g/mol. The molecule has 0 bridgehead atoms. The van der Waals surface area contributed by atoms with Crippen LogP contribution in [-0.2, 0) is 0 Å². The summed E-state index contributed by atoms with van der Waals surface area (Å²) in [7, 11) is 0. The number of hydrogen-bond acceptors (Lipinski definition) is 6. The number of nitrogens with zero attached hydrogens (tertiary/aromatic N) is 3. The Labute approximate surface area is 161 Å². The molecule has 1 unspecified atom stereocenters. The van der Waals surface area contributed by atoms with Crippen LogP contribution in [0, 0.1) is 5.82 Å². The molecule has 9 heteroatoms. The summed E-state index contributed by atoms with van der Waals surface area (Å²) in [5, 5.41) is 14.0. The molecule has 26 heavy (non-hydrogen) atoms. The lowest BCUT2D eigenvalue weighted by Gasteiger charge is -2.34. The van der Waals surface area contributed by atoms with E-state index >= 15 is 0 Å². The van der Waals surface area contributed by atoms with Crippen molar-refractivity contribution in [2.75, 3.05) is 23.3 Å². The lowest BCUT2D eigenvalue weighted by molar-refractivity contribution is 0.131. The molecule has 0 saturated carbocycles. The molecule has 0 aliphatic carbocycles. The van der Waals surface area contributed by atoms with Crippen molar-refractivity contribution >= 4 is 35.0 Å². The molecule has 140 valence electrons. The van der Waals surface area contributed by atoms with E-state index in [1.54, 1.807) is 23.1 Å². The highest BCUT2D eigenvalue weighted by Gasteiger charge is 2.27. The lowest BCUT2D eigenvalue weighted by Crippen LogP contribution is -2.51. The highest BCUT2D eigenvalue weighted by atomic mass is 35.5. The summed E-state index contributed by atoms with van der Waals surface area (Å²) in [6, 6.07) is 4.58. The van der Waals surface area contributed by atoms with Crippen molar-refractivity contribution in [1.82, 2.24) is 9.97 Å². The molecule has 0 amide bonds. The van der Waals surface area contributed by atoms with Gasteiger partial charge >= 0.3 is 0 Å². The molecule has 1 aliphatic heterocycles. The number of β-amino-alcohol motifs (C(OH)–C–C–N with tert-alkyl or cyclic N) is 1. The van der Waals surface area contributed by atoms with Crippen LogP contribution in [0.15, 0.2) is 24.4 Å². The number of piperidine rings is 1. The van der Waals surface area contributed by atoms with Crippen molar-refractivity contribution in [3.63, 3.8) is 0 Å². The summed E-state index contributed by atoms with van der Waals surface area (Å²) in [4.78, 5) is 10.1. The number of anilines is 2. The lowest BCUT2D eigenvalue weighted by atomic mass is 10.0. The molecule has 1 aromatic carbocycles. The van der Waals surface area contributed by atoms with Gasteiger partial charge in [0.1, 0.15) is 0 Å². The predicted octanol–water partition coefficient (Wildman–Crippen LogP) is 2.99. The molecule has 6 nitrogen and oxygen atoms in total. The number of aliphatic hydroxyl groups excluding tert-OH is 1. The van der Waals surface area contributed by atoms with Crippen LogP contribution in [0.3, 0.4) is 0 Å². The molecule has 1 fully saturated rings. The van der Waals surface area contributed by atoms with Crippen LogP contribution in [0.25, 0.3) is 0 Å². The molecule has 2 heterocycles. The number of benzene rings is 1. The Bertz CT molecular complexity index is 794. The molecule has 0 spiro atoms. The van der Waals surface area contributed by atoms with Gasteiger partial charge in [0.2, 0.25) is 5.95 Å². The van der Waals surface area contributed by atoms with Crippen LogP contribution in [-0.4, -0.2) is 40.3 Å². The SMILES string of the molecule is CC(Nc1nc(N2CC[C@H](N)[C@H](O)C2)ncc1F)c1ccc(Cl)cc1Cl. The molecule has 2 aromatic rings. The van der Waals surface area contributed by atoms with Gasteiger partial charge in [-0.05, 0) is 31.0 Å². The fourth-order valence-electron chi connectivity index (χ4n) is 2.88. The summed E-state index contributed by atoms with van der Waals surface area (Å²) >= 11 is 12.1. The van der Waals surface area contributed by atoms with E-state index in [1.165, 1.54) is 0 Å². The molecule has 1 saturated heterocycles. The van der Waals surface area contributed by atoms with E-state index < -0.39 is 11.9 Å². The van der Waals surface area contributed by atoms with Gasteiger partial charge in [0.05, 0.1) is 18.3 Å². The van der Waals surface area contributed by atoms with Gasteiger partial charge in [-0.3, -0.25) is 0 Å². The first-order chi connectivity index (χ1) is 12.3. The maximum absolute atomic E-state index is 14.2. The number of hydrogen-bond donors (Lipinski definition) is 3. The molecule has 3 rings (SSSR count). The Hall–Kier alpha value is -1.67. The van der Waals surface area contributed by atoms with Crippen molar-refractivity contribution in [2.24, 2.45) is 5.73 Å². The van der Waals surface area contributed by atoms with Gasteiger partial charge in [-0.2, -0.15) is 4.98 Å². The van der Waals surface area contributed by atoms with E-state index in [0.717, 1.165) is 11.8 Å². The topological polar surface area (TPSA) is 87.3 Å². The first-order valence-corrected chi connectivity index (χ1v) is 9.03. The van der Waals surface area contributed by atoms with E-state index in [2.05, 4.69) is 15.3 Å². The van der Waals surface area contributed by atoms with Gasteiger partial charge in [0.15, 0.2) is 11.6 Å². The number of aromatic nitrogens is 2. The number of aliphatic hydroxyl groups is 1. The summed E-state index contributed by atoms with van der Waals surface area (Å²) in [5.74, 6) is -0.160. The normalized spacial score (nSPS) is 21.5. The average Bonchev–Trinajstić information content (AvgIpc) is 2.59. The number of rotatable bonds is 4. The zero-order valence-electron chi connectivity index (χ0n) is 14.2. The third-order valence-corrected chi connectivity index (χ3v) is 4.99. The van der Waals surface area contributed by atoms with Gasteiger partial charge in [-0.15, -0.1) is 0 Å². The highest BCUT2D eigenvalue weighted by molar-refractivity contribution is 6.35. The largest absolute Gasteiger partial charge is 0.390 e.